The highest BCUT2D eigenvalue weighted by Crippen LogP contribution is 2.16. The van der Waals surface area contributed by atoms with Gasteiger partial charge in [-0.15, -0.1) is 11.3 Å². The van der Waals surface area contributed by atoms with Crippen molar-refractivity contribution >= 4 is 11.3 Å². The largest absolute Gasteiger partial charge is 0.255 e. The minimum atomic E-state index is 0.853. The lowest BCUT2D eigenvalue weighted by Gasteiger charge is -2.01. The van der Waals surface area contributed by atoms with E-state index in [4.69, 9.17) is 0 Å². The van der Waals surface area contributed by atoms with Crippen LogP contribution in [0.4, 0.5) is 0 Å². The van der Waals surface area contributed by atoms with Gasteiger partial charge in [0.05, 0.1) is 16.3 Å². The van der Waals surface area contributed by atoms with E-state index in [2.05, 4.69) is 21.8 Å². The second-order valence-corrected chi connectivity index (χ2v) is 5.32. The molecular weight excluding hydrogens is 264 g/mol. The molecule has 0 amide bonds. The predicted molar refractivity (Wildman–Crippen MR) is 82.5 cm³/mol. The van der Waals surface area contributed by atoms with E-state index in [1.165, 1.54) is 5.56 Å². The summed E-state index contributed by atoms with van der Waals surface area (Å²) in [5, 5.41) is 2.03. The van der Waals surface area contributed by atoms with E-state index in [-0.39, 0.29) is 0 Å². The van der Waals surface area contributed by atoms with Crippen molar-refractivity contribution in [1.29, 1.82) is 0 Å². The van der Waals surface area contributed by atoms with Crippen molar-refractivity contribution in [3.63, 3.8) is 0 Å². The first-order valence-electron chi connectivity index (χ1n) is 6.26. The number of nitrogens with zero attached hydrogens (tertiary/aromatic N) is 2. The van der Waals surface area contributed by atoms with Gasteiger partial charge in [0.1, 0.15) is 0 Å². The molecule has 0 saturated heterocycles. The van der Waals surface area contributed by atoms with Crippen molar-refractivity contribution in [3.8, 4) is 23.2 Å². The summed E-state index contributed by atoms with van der Waals surface area (Å²) in [6.07, 6.45) is 3.58. The first-order chi connectivity index (χ1) is 9.81. The van der Waals surface area contributed by atoms with Crippen molar-refractivity contribution < 1.29 is 0 Å². The SMILES string of the molecule is Cc1ccnc(-c2cc(C#Cc3cccs3)ccn2)c1. The van der Waals surface area contributed by atoms with Gasteiger partial charge < -0.3 is 0 Å². The minimum absolute atomic E-state index is 0.853. The second kappa shape index (κ2) is 5.68. The van der Waals surface area contributed by atoms with Gasteiger partial charge in [-0.3, -0.25) is 9.97 Å². The molecule has 0 aliphatic heterocycles. The molecule has 3 heterocycles. The molecule has 96 valence electrons. The number of pyridine rings is 2. The van der Waals surface area contributed by atoms with Crippen LogP contribution in [-0.2, 0) is 0 Å². The zero-order chi connectivity index (χ0) is 13.8. The van der Waals surface area contributed by atoms with Crippen molar-refractivity contribution in [2.45, 2.75) is 6.92 Å². The number of aromatic nitrogens is 2. The molecule has 20 heavy (non-hydrogen) atoms. The van der Waals surface area contributed by atoms with Crippen molar-refractivity contribution in [1.82, 2.24) is 9.97 Å². The molecule has 3 aromatic heterocycles. The maximum absolute atomic E-state index is 4.37. The molecule has 0 N–H and O–H groups in total. The average Bonchev–Trinajstić information content (AvgIpc) is 2.99. The summed E-state index contributed by atoms with van der Waals surface area (Å²) in [7, 11) is 0. The van der Waals surface area contributed by atoms with Crippen molar-refractivity contribution in [2.24, 2.45) is 0 Å². The summed E-state index contributed by atoms with van der Waals surface area (Å²) in [4.78, 5) is 9.79. The van der Waals surface area contributed by atoms with E-state index in [0.717, 1.165) is 21.8 Å². The van der Waals surface area contributed by atoms with Gasteiger partial charge in [-0.25, -0.2) is 0 Å². The van der Waals surface area contributed by atoms with Crippen LogP contribution in [0, 0.1) is 18.8 Å². The van der Waals surface area contributed by atoms with Gasteiger partial charge in [-0.05, 0) is 48.2 Å². The Balaban J connectivity index is 1.94. The molecule has 0 bridgehead atoms. The van der Waals surface area contributed by atoms with Crippen LogP contribution in [0.25, 0.3) is 11.4 Å². The summed E-state index contributed by atoms with van der Waals surface area (Å²) in [6, 6.07) is 11.9. The van der Waals surface area contributed by atoms with Gasteiger partial charge in [-0.2, -0.15) is 0 Å². The first-order valence-corrected chi connectivity index (χ1v) is 7.14. The molecule has 0 fully saturated rings. The molecule has 0 unspecified atom stereocenters. The van der Waals surface area contributed by atoms with Gasteiger partial charge in [0, 0.05) is 18.0 Å². The molecular formula is C17H12N2S. The first kappa shape index (κ1) is 12.6. The molecule has 0 aliphatic carbocycles. The molecule has 0 radical (unpaired) electrons. The van der Waals surface area contributed by atoms with Crippen molar-refractivity contribution in [2.75, 3.05) is 0 Å². The van der Waals surface area contributed by atoms with E-state index >= 15 is 0 Å². The monoisotopic (exact) mass is 276 g/mol. The summed E-state index contributed by atoms with van der Waals surface area (Å²) >= 11 is 1.64. The highest BCUT2D eigenvalue weighted by molar-refractivity contribution is 7.10. The van der Waals surface area contributed by atoms with Gasteiger partial charge in [0.15, 0.2) is 0 Å². The lowest BCUT2D eigenvalue weighted by Crippen LogP contribution is -1.88. The zero-order valence-corrected chi connectivity index (χ0v) is 11.8. The third-order valence-corrected chi connectivity index (χ3v) is 3.57. The summed E-state index contributed by atoms with van der Waals surface area (Å²) in [5.74, 6) is 6.32. The third kappa shape index (κ3) is 2.93. The number of aryl methyl sites for hydroxylation is 1. The molecule has 0 atom stereocenters. The minimum Gasteiger partial charge on any atom is -0.255 e. The maximum Gasteiger partial charge on any atom is 0.0898 e. The molecule has 0 spiro atoms. The Hall–Kier alpha value is -2.44. The standard InChI is InChI=1S/C17H12N2S/c1-13-6-8-18-16(11-13)17-12-14(7-9-19-17)4-5-15-3-2-10-20-15/h2-3,6-12H,1H3. The lowest BCUT2D eigenvalue weighted by molar-refractivity contribution is 1.22. The lowest BCUT2D eigenvalue weighted by atomic mass is 10.1. The molecule has 3 rings (SSSR count). The van der Waals surface area contributed by atoms with Gasteiger partial charge >= 0.3 is 0 Å². The Morgan fingerprint density at radius 2 is 1.75 bits per heavy atom. The van der Waals surface area contributed by atoms with Gasteiger partial charge in [-0.1, -0.05) is 17.9 Å². The Morgan fingerprint density at radius 3 is 2.50 bits per heavy atom. The van der Waals surface area contributed by atoms with E-state index in [1.54, 1.807) is 23.7 Å². The Bertz CT molecular complexity index is 780. The fourth-order valence-electron chi connectivity index (χ4n) is 1.81. The zero-order valence-electron chi connectivity index (χ0n) is 11.0. The highest BCUT2D eigenvalue weighted by atomic mass is 32.1. The fourth-order valence-corrected chi connectivity index (χ4v) is 2.38. The van der Waals surface area contributed by atoms with Crippen LogP contribution < -0.4 is 0 Å². The number of rotatable bonds is 1. The van der Waals surface area contributed by atoms with Crippen LogP contribution in [0.2, 0.25) is 0 Å². The van der Waals surface area contributed by atoms with Crippen LogP contribution in [0.1, 0.15) is 16.0 Å². The average molecular weight is 276 g/mol. The van der Waals surface area contributed by atoms with Gasteiger partial charge in [0.2, 0.25) is 0 Å². The topological polar surface area (TPSA) is 25.8 Å². The number of thiophene rings is 1. The second-order valence-electron chi connectivity index (χ2n) is 4.38. The fraction of sp³-hybridized carbons (Fsp3) is 0.0588. The van der Waals surface area contributed by atoms with Crippen LogP contribution >= 0.6 is 11.3 Å². The van der Waals surface area contributed by atoms with Gasteiger partial charge in [0.25, 0.3) is 0 Å². The van der Waals surface area contributed by atoms with Crippen LogP contribution in [0.3, 0.4) is 0 Å². The molecule has 0 aromatic carbocycles. The Kier molecular flexibility index (Phi) is 3.58. The normalized spacial score (nSPS) is 9.85. The van der Waals surface area contributed by atoms with Crippen LogP contribution in [0.15, 0.2) is 54.2 Å². The molecule has 3 aromatic rings. The molecule has 3 heteroatoms. The molecule has 2 nitrogen and oxygen atoms in total. The molecule has 0 aliphatic rings. The summed E-state index contributed by atoms with van der Waals surface area (Å²) in [6.45, 7) is 2.05. The quantitative estimate of drug-likeness (QED) is 0.630. The third-order valence-electron chi connectivity index (χ3n) is 2.79. The number of hydrogen-bond donors (Lipinski definition) is 0. The number of hydrogen-bond acceptors (Lipinski definition) is 3. The van der Waals surface area contributed by atoms with E-state index < -0.39 is 0 Å². The van der Waals surface area contributed by atoms with E-state index in [0.29, 0.717) is 0 Å². The van der Waals surface area contributed by atoms with E-state index in [9.17, 15) is 0 Å². The summed E-state index contributed by atoms with van der Waals surface area (Å²) < 4.78 is 0. The Morgan fingerprint density at radius 1 is 0.950 bits per heavy atom. The maximum atomic E-state index is 4.37. The van der Waals surface area contributed by atoms with Crippen LogP contribution in [-0.4, -0.2) is 9.97 Å². The van der Waals surface area contributed by atoms with Crippen LogP contribution in [0.5, 0.6) is 0 Å². The molecule has 0 saturated carbocycles. The van der Waals surface area contributed by atoms with Crippen molar-refractivity contribution in [3.05, 3.63) is 70.2 Å². The smallest absolute Gasteiger partial charge is 0.0898 e. The Labute approximate surface area is 122 Å². The highest BCUT2D eigenvalue weighted by Gasteiger charge is 2.01. The summed E-state index contributed by atoms with van der Waals surface area (Å²) in [5.41, 5.74) is 3.86. The predicted octanol–water partition coefficient (Wildman–Crippen LogP) is 3.91. The van der Waals surface area contributed by atoms with E-state index in [1.807, 2.05) is 48.7 Å².